The molecular weight excluding hydrogens is 292 g/mol. The molecule has 0 aromatic carbocycles. The summed E-state index contributed by atoms with van der Waals surface area (Å²) in [5.74, 6) is 1.43. The first-order chi connectivity index (χ1) is 9.47. The molecule has 0 aliphatic heterocycles. The minimum absolute atomic E-state index is 0.178. The van der Waals surface area contributed by atoms with E-state index in [0.29, 0.717) is 12.0 Å². The van der Waals surface area contributed by atoms with Crippen LogP contribution in [0.15, 0.2) is 4.34 Å². The molecule has 1 aromatic heterocycles. The molecule has 1 aromatic rings. The molecule has 1 aliphatic carbocycles. The van der Waals surface area contributed by atoms with Gasteiger partial charge in [0.2, 0.25) is 5.13 Å². The van der Waals surface area contributed by atoms with Crippen molar-refractivity contribution in [1.29, 1.82) is 0 Å². The summed E-state index contributed by atoms with van der Waals surface area (Å²) in [6.45, 7) is 4.45. The number of nitrogens with one attached hydrogen (secondary N) is 1. The van der Waals surface area contributed by atoms with Gasteiger partial charge in [-0.15, -0.1) is 10.2 Å². The van der Waals surface area contributed by atoms with Crippen LogP contribution in [-0.2, 0) is 0 Å². The number of thioether (sulfide) groups is 1. The lowest BCUT2D eigenvalue weighted by Crippen LogP contribution is -2.55. The number of hydrogen-bond donors (Lipinski definition) is 2. The van der Waals surface area contributed by atoms with Crippen molar-refractivity contribution in [1.82, 2.24) is 15.5 Å². The van der Waals surface area contributed by atoms with E-state index in [9.17, 15) is 5.11 Å². The monoisotopic (exact) mass is 316 g/mol. The van der Waals surface area contributed by atoms with E-state index in [1.165, 1.54) is 12.8 Å². The lowest BCUT2D eigenvalue weighted by Gasteiger charge is -2.35. The molecule has 1 fully saturated rings. The molecule has 2 N–H and O–H groups in total. The first-order valence-electron chi connectivity index (χ1n) is 6.99. The minimum Gasteiger partial charge on any atom is -0.394 e. The zero-order chi connectivity index (χ0) is 14.8. The Hall–Kier alpha value is -0.370. The van der Waals surface area contributed by atoms with Gasteiger partial charge in [-0.3, -0.25) is 0 Å². The Morgan fingerprint density at radius 2 is 2.15 bits per heavy atom. The molecule has 0 bridgehead atoms. The third kappa shape index (κ3) is 3.84. The van der Waals surface area contributed by atoms with Gasteiger partial charge >= 0.3 is 0 Å². The number of hydrogen-bond acceptors (Lipinski definition) is 7. The lowest BCUT2D eigenvalue weighted by atomic mass is 9.95. The van der Waals surface area contributed by atoms with E-state index in [1.807, 2.05) is 19.0 Å². The standard InChI is InChI=1S/C13H24N4OS2/c1-9(2)14-13(7-18,10-5-6-10)8-19-12-16-15-11(20-12)17(3)4/h9-10,14,18H,5-8H2,1-4H3. The number of aromatic nitrogens is 2. The SMILES string of the molecule is CC(C)NC(CO)(CSc1nnc(N(C)C)s1)C1CC1. The van der Waals surface area contributed by atoms with Crippen LogP contribution in [0.1, 0.15) is 26.7 Å². The summed E-state index contributed by atoms with van der Waals surface area (Å²) in [6, 6.07) is 0.370. The van der Waals surface area contributed by atoms with Crippen molar-refractivity contribution in [3.8, 4) is 0 Å². The van der Waals surface area contributed by atoms with E-state index < -0.39 is 0 Å². The second-order valence-corrected chi connectivity index (χ2v) is 8.10. The maximum Gasteiger partial charge on any atom is 0.208 e. The number of aliphatic hydroxyl groups excluding tert-OH is 1. The summed E-state index contributed by atoms with van der Waals surface area (Å²) in [4.78, 5) is 1.97. The highest BCUT2D eigenvalue weighted by atomic mass is 32.2. The average molecular weight is 316 g/mol. The van der Waals surface area contributed by atoms with Gasteiger partial charge in [-0.1, -0.05) is 36.9 Å². The second kappa shape index (κ2) is 6.60. The quantitative estimate of drug-likeness (QED) is 0.714. The third-order valence-corrected chi connectivity index (χ3v) is 5.93. The molecule has 1 aliphatic rings. The average Bonchev–Trinajstić information content (AvgIpc) is 3.13. The molecule has 1 saturated carbocycles. The largest absolute Gasteiger partial charge is 0.394 e. The van der Waals surface area contributed by atoms with Crippen molar-refractivity contribution in [2.75, 3.05) is 31.4 Å². The number of nitrogens with zero attached hydrogens (tertiary/aromatic N) is 3. The van der Waals surface area contributed by atoms with Crippen LogP contribution in [0.2, 0.25) is 0 Å². The Bertz CT molecular complexity index is 434. The van der Waals surface area contributed by atoms with E-state index in [0.717, 1.165) is 15.2 Å². The van der Waals surface area contributed by atoms with E-state index in [4.69, 9.17) is 0 Å². The molecule has 1 heterocycles. The van der Waals surface area contributed by atoms with Gasteiger partial charge in [0, 0.05) is 25.9 Å². The summed E-state index contributed by atoms with van der Waals surface area (Å²) in [5.41, 5.74) is -0.178. The van der Waals surface area contributed by atoms with Crippen LogP contribution < -0.4 is 10.2 Å². The van der Waals surface area contributed by atoms with Gasteiger partial charge in [0.15, 0.2) is 4.34 Å². The van der Waals surface area contributed by atoms with Crippen molar-refractivity contribution in [2.45, 2.75) is 42.6 Å². The Morgan fingerprint density at radius 3 is 2.60 bits per heavy atom. The first-order valence-corrected chi connectivity index (χ1v) is 8.79. The maximum absolute atomic E-state index is 9.89. The molecule has 0 amide bonds. The zero-order valence-electron chi connectivity index (χ0n) is 12.6. The van der Waals surface area contributed by atoms with Gasteiger partial charge in [0.25, 0.3) is 0 Å². The zero-order valence-corrected chi connectivity index (χ0v) is 14.2. The Kier molecular flexibility index (Phi) is 5.28. The Morgan fingerprint density at radius 1 is 1.45 bits per heavy atom. The van der Waals surface area contributed by atoms with Crippen LogP contribution >= 0.6 is 23.1 Å². The van der Waals surface area contributed by atoms with Crippen LogP contribution in [0.4, 0.5) is 5.13 Å². The fourth-order valence-electron chi connectivity index (χ4n) is 2.34. The lowest BCUT2D eigenvalue weighted by molar-refractivity contribution is 0.150. The molecule has 20 heavy (non-hydrogen) atoms. The highest BCUT2D eigenvalue weighted by Crippen LogP contribution is 2.43. The van der Waals surface area contributed by atoms with Gasteiger partial charge in [-0.25, -0.2) is 0 Å². The van der Waals surface area contributed by atoms with Gasteiger partial charge in [-0.2, -0.15) is 0 Å². The smallest absolute Gasteiger partial charge is 0.208 e. The molecule has 2 rings (SSSR count). The predicted octanol–water partition coefficient (Wildman–Crippen LogP) is 1.84. The van der Waals surface area contributed by atoms with Crippen molar-refractivity contribution in [2.24, 2.45) is 5.92 Å². The first kappa shape index (κ1) is 16.0. The molecule has 7 heteroatoms. The molecule has 0 spiro atoms. The fourth-order valence-corrected chi connectivity index (χ4v) is 4.37. The topological polar surface area (TPSA) is 61.3 Å². The fraction of sp³-hybridized carbons (Fsp3) is 0.846. The molecule has 1 atom stereocenters. The van der Waals surface area contributed by atoms with Crippen LogP contribution in [0.3, 0.4) is 0 Å². The molecule has 5 nitrogen and oxygen atoms in total. The van der Waals surface area contributed by atoms with Crippen LogP contribution in [-0.4, -0.2) is 53.3 Å². The van der Waals surface area contributed by atoms with Crippen molar-refractivity contribution < 1.29 is 5.11 Å². The summed E-state index contributed by atoms with van der Waals surface area (Å²) >= 11 is 3.30. The van der Waals surface area contributed by atoms with Crippen molar-refractivity contribution >= 4 is 28.2 Å². The highest BCUT2D eigenvalue weighted by molar-refractivity contribution is 8.01. The van der Waals surface area contributed by atoms with Crippen LogP contribution in [0.5, 0.6) is 0 Å². The van der Waals surface area contributed by atoms with E-state index in [2.05, 4.69) is 29.4 Å². The van der Waals surface area contributed by atoms with E-state index >= 15 is 0 Å². The molecule has 114 valence electrons. The van der Waals surface area contributed by atoms with E-state index in [1.54, 1.807) is 23.1 Å². The molecular formula is C13H24N4OS2. The van der Waals surface area contributed by atoms with Crippen LogP contribution in [0, 0.1) is 5.92 Å². The molecule has 1 unspecified atom stereocenters. The Balaban J connectivity index is 2.00. The highest BCUT2D eigenvalue weighted by Gasteiger charge is 2.45. The number of aliphatic hydroxyl groups is 1. The normalized spacial score (nSPS) is 18.3. The van der Waals surface area contributed by atoms with Gasteiger partial charge in [0.05, 0.1) is 12.1 Å². The van der Waals surface area contributed by atoms with Crippen molar-refractivity contribution in [3.05, 3.63) is 0 Å². The number of anilines is 1. The minimum atomic E-state index is -0.178. The number of rotatable bonds is 8. The second-order valence-electron chi connectivity index (χ2n) is 5.92. The Labute approximate surface area is 129 Å². The summed E-state index contributed by atoms with van der Waals surface area (Å²) in [5, 5.41) is 22.8. The molecule has 0 radical (unpaired) electrons. The third-order valence-electron chi connectivity index (χ3n) is 3.45. The molecule has 0 saturated heterocycles. The predicted molar refractivity (Wildman–Crippen MR) is 85.8 cm³/mol. The van der Waals surface area contributed by atoms with Gasteiger partial charge in [-0.05, 0) is 18.8 Å². The van der Waals surface area contributed by atoms with Gasteiger partial charge < -0.3 is 15.3 Å². The van der Waals surface area contributed by atoms with Crippen LogP contribution in [0.25, 0.3) is 0 Å². The maximum atomic E-state index is 9.89. The summed E-state index contributed by atoms with van der Waals surface area (Å²) in [6.07, 6.45) is 2.42. The van der Waals surface area contributed by atoms with Gasteiger partial charge in [0.1, 0.15) is 0 Å². The van der Waals surface area contributed by atoms with Crippen molar-refractivity contribution in [3.63, 3.8) is 0 Å². The van der Waals surface area contributed by atoms with E-state index in [-0.39, 0.29) is 12.1 Å². The summed E-state index contributed by atoms with van der Waals surface area (Å²) in [7, 11) is 3.94. The summed E-state index contributed by atoms with van der Waals surface area (Å²) < 4.78 is 0.970.